The molecule has 106 valence electrons. The van der Waals surface area contributed by atoms with Crippen molar-refractivity contribution in [3.05, 3.63) is 81.8 Å². The van der Waals surface area contributed by atoms with E-state index in [-0.39, 0.29) is 5.92 Å². The van der Waals surface area contributed by atoms with Crippen LogP contribution in [0.25, 0.3) is 10.8 Å². The summed E-state index contributed by atoms with van der Waals surface area (Å²) in [5.41, 5.74) is 8.11. The molecule has 1 nitrogen and oxygen atoms in total. The minimum atomic E-state index is -0.0164. The van der Waals surface area contributed by atoms with Gasteiger partial charge in [-0.1, -0.05) is 71.7 Å². The van der Waals surface area contributed by atoms with Crippen LogP contribution in [-0.4, -0.2) is 6.54 Å². The lowest BCUT2D eigenvalue weighted by atomic mass is 9.88. The second-order valence-electron chi connectivity index (χ2n) is 4.99. The summed E-state index contributed by atoms with van der Waals surface area (Å²) in [6, 6.07) is 20.1. The maximum Gasteiger partial charge on any atom is 0.0459 e. The summed E-state index contributed by atoms with van der Waals surface area (Å²) in [5, 5.41) is 3.69. The van der Waals surface area contributed by atoms with Gasteiger partial charge in [0.25, 0.3) is 0 Å². The van der Waals surface area contributed by atoms with E-state index < -0.39 is 0 Å². The van der Waals surface area contributed by atoms with Gasteiger partial charge in [0.05, 0.1) is 0 Å². The fourth-order valence-electron chi connectivity index (χ4n) is 2.80. The number of fused-ring (bicyclic) bond motifs is 1. The molecular formula is C18H15Cl2N. The van der Waals surface area contributed by atoms with Crippen molar-refractivity contribution in [1.82, 2.24) is 0 Å². The molecule has 0 fully saturated rings. The zero-order valence-corrected chi connectivity index (χ0v) is 12.9. The van der Waals surface area contributed by atoms with Crippen molar-refractivity contribution in [2.75, 3.05) is 6.54 Å². The van der Waals surface area contributed by atoms with Crippen molar-refractivity contribution < 1.29 is 0 Å². The van der Waals surface area contributed by atoms with Crippen molar-refractivity contribution in [2.45, 2.75) is 5.92 Å². The van der Waals surface area contributed by atoms with Crippen molar-refractivity contribution >= 4 is 34.0 Å². The third kappa shape index (κ3) is 2.65. The average Bonchev–Trinajstić information content (AvgIpc) is 2.51. The van der Waals surface area contributed by atoms with Crippen molar-refractivity contribution in [3.8, 4) is 0 Å². The Morgan fingerprint density at radius 3 is 2.14 bits per heavy atom. The van der Waals surface area contributed by atoms with Gasteiger partial charge in [-0.15, -0.1) is 0 Å². The normalized spacial score (nSPS) is 12.5. The highest BCUT2D eigenvalue weighted by Gasteiger charge is 2.20. The molecule has 0 radical (unpaired) electrons. The summed E-state index contributed by atoms with van der Waals surface area (Å²) in [6.07, 6.45) is 0. The van der Waals surface area contributed by atoms with Crippen LogP contribution < -0.4 is 5.73 Å². The molecule has 2 N–H and O–H groups in total. The first-order valence-corrected chi connectivity index (χ1v) is 7.59. The zero-order chi connectivity index (χ0) is 14.8. The Morgan fingerprint density at radius 1 is 0.810 bits per heavy atom. The van der Waals surface area contributed by atoms with Gasteiger partial charge in [-0.3, -0.25) is 0 Å². The Morgan fingerprint density at radius 2 is 1.43 bits per heavy atom. The topological polar surface area (TPSA) is 26.0 Å². The second-order valence-corrected chi connectivity index (χ2v) is 5.81. The largest absolute Gasteiger partial charge is 0.330 e. The zero-order valence-electron chi connectivity index (χ0n) is 11.4. The van der Waals surface area contributed by atoms with E-state index in [2.05, 4.69) is 24.3 Å². The molecule has 0 amide bonds. The van der Waals surface area contributed by atoms with E-state index in [1.807, 2.05) is 36.4 Å². The maximum atomic E-state index is 6.36. The van der Waals surface area contributed by atoms with E-state index in [0.29, 0.717) is 16.6 Å². The quantitative estimate of drug-likeness (QED) is 0.703. The van der Waals surface area contributed by atoms with Gasteiger partial charge in [0.2, 0.25) is 0 Å². The lowest BCUT2D eigenvalue weighted by molar-refractivity contribution is 0.826. The molecule has 0 saturated carbocycles. The fourth-order valence-corrected chi connectivity index (χ4v) is 3.46. The Kier molecular flexibility index (Phi) is 4.16. The summed E-state index contributed by atoms with van der Waals surface area (Å²) >= 11 is 12.7. The fraction of sp³-hybridized carbons (Fsp3) is 0.111. The summed E-state index contributed by atoms with van der Waals surface area (Å²) in [4.78, 5) is 0. The van der Waals surface area contributed by atoms with E-state index in [1.54, 1.807) is 0 Å². The SMILES string of the molecule is NCC(c1c(Cl)cccc1Cl)c1cccc2ccccc12. The molecule has 0 aliphatic carbocycles. The Labute approximate surface area is 134 Å². The third-order valence-corrected chi connectivity index (χ3v) is 4.44. The summed E-state index contributed by atoms with van der Waals surface area (Å²) in [5.74, 6) is -0.0164. The predicted molar refractivity (Wildman–Crippen MR) is 91.3 cm³/mol. The molecule has 3 aromatic rings. The van der Waals surface area contributed by atoms with Crippen LogP contribution in [0.15, 0.2) is 60.7 Å². The highest BCUT2D eigenvalue weighted by molar-refractivity contribution is 6.36. The number of benzene rings is 3. The van der Waals surface area contributed by atoms with Gasteiger partial charge in [-0.05, 0) is 34.0 Å². The number of hydrogen-bond donors (Lipinski definition) is 1. The molecule has 0 spiro atoms. The monoisotopic (exact) mass is 315 g/mol. The van der Waals surface area contributed by atoms with Crippen LogP contribution in [0.1, 0.15) is 17.0 Å². The average molecular weight is 316 g/mol. The van der Waals surface area contributed by atoms with Crippen molar-refractivity contribution in [2.24, 2.45) is 5.73 Å². The van der Waals surface area contributed by atoms with Crippen LogP contribution in [0.4, 0.5) is 0 Å². The summed E-state index contributed by atoms with van der Waals surface area (Å²) in [6.45, 7) is 0.456. The lowest BCUT2D eigenvalue weighted by Crippen LogP contribution is -2.15. The van der Waals surface area contributed by atoms with Gasteiger partial charge in [0.1, 0.15) is 0 Å². The molecule has 0 aliphatic rings. The number of hydrogen-bond acceptors (Lipinski definition) is 1. The second kappa shape index (κ2) is 6.07. The van der Waals surface area contributed by atoms with Crippen LogP contribution in [-0.2, 0) is 0 Å². The van der Waals surface area contributed by atoms with E-state index >= 15 is 0 Å². The molecular weight excluding hydrogens is 301 g/mol. The van der Waals surface area contributed by atoms with Crippen molar-refractivity contribution in [1.29, 1.82) is 0 Å². The molecule has 0 bridgehead atoms. The molecule has 3 aromatic carbocycles. The molecule has 0 saturated heterocycles. The first kappa shape index (κ1) is 14.4. The van der Waals surface area contributed by atoms with Crippen LogP contribution >= 0.6 is 23.2 Å². The van der Waals surface area contributed by atoms with E-state index in [4.69, 9.17) is 28.9 Å². The number of rotatable bonds is 3. The van der Waals surface area contributed by atoms with Crippen LogP contribution in [0.2, 0.25) is 10.0 Å². The Balaban J connectivity index is 2.24. The molecule has 3 heteroatoms. The third-order valence-electron chi connectivity index (χ3n) is 3.78. The van der Waals surface area contributed by atoms with Crippen molar-refractivity contribution in [3.63, 3.8) is 0 Å². The molecule has 0 aromatic heterocycles. The van der Waals surface area contributed by atoms with E-state index in [1.165, 1.54) is 10.8 Å². The van der Waals surface area contributed by atoms with Crippen LogP contribution in [0.3, 0.4) is 0 Å². The van der Waals surface area contributed by atoms with E-state index in [9.17, 15) is 0 Å². The standard InChI is InChI=1S/C18H15Cl2N/c19-16-9-4-10-17(20)18(16)15(11-21)14-8-3-6-12-5-1-2-7-13(12)14/h1-10,15H,11,21H2. The smallest absolute Gasteiger partial charge is 0.0459 e. The van der Waals surface area contributed by atoms with Gasteiger partial charge < -0.3 is 5.73 Å². The minimum absolute atomic E-state index is 0.0164. The van der Waals surface area contributed by atoms with Crippen LogP contribution in [0.5, 0.6) is 0 Å². The van der Waals surface area contributed by atoms with Gasteiger partial charge in [0, 0.05) is 22.5 Å². The van der Waals surface area contributed by atoms with Crippen LogP contribution in [0, 0.1) is 0 Å². The molecule has 21 heavy (non-hydrogen) atoms. The maximum absolute atomic E-state index is 6.36. The first-order chi connectivity index (χ1) is 10.2. The summed E-state index contributed by atoms with van der Waals surface area (Å²) < 4.78 is 0. The van der Waals surface area contributed by atoms with Gasteiger partial charge in [-0.25, -0.2) is 0 Å². The lowest BCUT2D eigenvalue weighted by Gasteiger charge is -2.20. The molecule has 1 atom stereocenters. The van der Waals surface area contributed by atoms with Gasteiger partial charge in [-0.2, -0.15) is 0 Å². The van der Waals surface area contributed by atoms with Gasteiger partial charge in [0.15, 0.2) is 0 Å². The number of nitrogens with two attached hydrogens (primary N) is 1. The van der Waals surface area contributed by atoms with E-state index in [0.717, 1.165) is 11.1 Å². The highest BCUT2D eigenvalue weighted by Crippen LogP contribution is 2.37. The molecule has 0 aliphatic heterocycles. The van der Waals surface area contributed by atoms with Gasteiger partial charge >= 0.3 is 0 Å². The molecule has 3 rings (SSSR count). The Hall–Kier alpha value is -1.54. The highest BCUT2D eigenvalue weighted by atomic mass is 35.5. The predicted octanol–water partition coefficient (Wildman–Crippen LogP) is 5.24. The number of halogens is 2. The summed E-state index contributed by atoms with van der Waals surface area (Å²) in [7, 11) is 0. The Bertz CT molecular complexity index is 758. The first-order valence-electron chi connectivity index (χ1n) is 6.84. The molecule has 0 heterocycles. The molecule has 1 unspecified atom stereocenters. The minimum Gasteiger partial charge on any atom is -0.330 e.